The van der Waals surface area contributed by atoms with Gasteiger partial charge in [0, 0.05) is 19.3 Å². The lowest BCUT2D eigenvalue weighted by Crippen LogP contribution is -2.55. The van der Waals surface area contributed by atoms with Crippen LogP contribution in [0.15, 0.2) is 85.1 Å². The van der Waals surface area contributed by atoms with Gasteiger partial charge in [0.1, 0.15) is 12.6 Å². The number of aliphatic carboxylic acids is 1. The molecule has 0 aliphatic heterocycles. The maximum Gasteiger partial charge on any atom is 0.306 e. The monoisotopic (exact) mass is 880 g/mol. The van der Waals surface area contributed by atoms with Gasteiger partial charge in [-0.25, -0.2) is 0 Å². The minimum Gasteiger partial charge on any atom is -0.544 e. The fourth-order valence-corrected chi connectivity index (χ4v) is 6.94. The van der Waals surface area contributed by atoms with Crippen LogP contribution in [0.25, 0.3) is 0 Å². The second-order valence-electron chi connectivity index (χ2n) is 17.7. The number of unbranched alkanes of at least 4 members (excludes halogenated alkanes) is 16. The first-order chi connectivity index (χ1) is 30.6. The molecule has 360 valence electrons. The molecule has 0 aliphatic rings. The number of hydrogen-bond acceptors (Lipinski definition) is 7. The third-order valence-electron chi connectivity index (χ3n) is 10.8. The number of hydrogen-bond donors (Lipinski definition) is 0. The van der Waals surface area contributed by atoms with Gasteiger partial charge in [0.25, 0.3) is 0 Å². The zero-order valence-corrected chi connectivity index (χ0v) is 41.0. The summed E-state index contributed by atoms with van der Waals surface area (Å²) in [5.41, 5.74) is 0. The van der Waals surface area contributed by atoms with E-state index in [-0.39, 0.29) is 49.1 Å². The number of likely N-dealkylation sites (N-methyl/N-ethyl adjacent to an activating group) is 1. The molecule has 0 heterocycles. The van der Waals surface area contributed by atoms with Crippen molar-refractivity contribution in [2.24, 2.45) is 0 Å². The molecule has 8 nitrogen and oxygen atoms in total. The van der Waals surface area contributed by atoms with Crippen LogP contribution >= 0.6 is 0 Å². The van der Waals surface area contributed by atoms with Crippen molar-refractivity contribution >= 4 is 17.9 Å². The molecular weight excluding hydrogens is 787 g/mol. The molecule has 0 aromatic heterocycles. The van der Waals surface area contributed by atoms with Gasteiger partial charge in [-0.2, -0.15) is 0 Å². The predicted molar refractivity (Wildman–Crippen MR) is 263 cm³/mol. The number of carboxylic acids is 1. The van der Waals surface area contributed by atoms with Crippen molar-refractivity contribution in [1.29, 1.82) is 0 Å². The van der Waals surface area contributed by atoms with E-state index < -0.39 is 18.1 Å². The minimum atomic E-state index is -1.14. The van der Waals surface area contributed by atoms with Gasteiger partial charge in [-0.05, 0) is 64.2 Å². The second-order valence-corrected chi connectivity index (χ2v) is 17.7. The van der Waals surface area contributed by atoms with Crippen molar-refractivity contribution in [1.82, 2.24) is 0 Å². The quantitative estimate of drug-likeness (QED) is 0.0260. The number of carbonyl (C=O) groups is 3. The van der Waals surface area contributed by atoms with E-state index in [1.54, 1.807) is 21.1 Å². The molecule has 2 unspecified atom stereocenters. The third-order valence-corrected chi connectivity index (χ3v) is 10.8. The first-order valence-electron chi connectivity index (χ1n) is 25.1. The summed E-state index contributed by atoms with van der Waals surface area (Å²) in [5.74, 6) is -1.81. The topological polar surface area (TPSA) is 102 Å². The smallest absolute Gasteiger partial charge is 0.306 e. The van der Waals surface area contributed by atoms with Crippen LogP contribution < -0.4 is 5.11 Å². The third kappa shape index (κ3) is 43.5. The summed E-state index contributed by atoms with van der Waals surface area (Å²) in [5, 5.41) is 11.7. The SMILES string of the molecule is CC/C=C/C/C=C/C/C=C/C/C=C/C/C=C/C/C=C/C/C=C/CCCC(=O)OC(COCCC(C(=O)[O-])[N+](C)(C)C)COC(=O)CCCCCCCCCCCCCCCCCC. The van der Waals surface area contributed by atoms with Gasteiger partial charge in [0.05, 0.1) is 40.3 Å². The summed E-state index contributed by atoms with van der Waals surface area (Å²) in [7, 11) is 5.39. The summed E-state index contributed by atoms with van der Waals surface area (Å²) in [6.07, 6.45) is 59.0. The Bertz CT molecular complexity index is 1300. The molecule has 63 heavy (non-hydrogen) atoms. The van der Waals surface area contributed by atoms with Crippen LogP contribution in [0, 0.1) is 0 Å². The number of allylic oxidation sites excluding steroid dienone is 14. The lowest BCUT2D eigenvalue weighted by atomic mass is 10.0. The van der Waals surface area contributed by atoms with Crippen molar-refractivity contribution < 1.29 is 38.2 Å². The fraction of sp³-hybridized carbons (Fsp3) is 0.691. The molecule has 0 N–H and O–H groups in total. The molecule has 0 saturated carbocycles. The highest BCUT2D eigenvalue weighted by molar-refractivity contribution is 5.70. The van der Waals surface area contributed by atoms with Crippen LogP contribution in [0.3, 0.4) is 0 Å². The number of rotatable bonds is 44. The van der Waals surface area contributed by atoms with Crippen molar-refractivity contribution in [3.05, 3.63) is 85.1 Å². The summed E-state index contributed by atoms with van der Waals surface area (Å²) < 4.78 is 17.2. The molecule has 0 saturated heterocycles. The number of nitrogens with zero attached hydrogens (tertiary/aromatic N) is 1. The molecule has 0 aliphatic carbocycles. The van der Waals surface area contributed by atoms with E-state index in [1.165, 1.54) is 83.5 Å². The first-order valence-corrected chi connectivity index (χ1v) is 25.1. The number of quaternary nitrogens is 1. The Balaban J connectivity index is 4.39. The maximum atomic E-state index is 12.8. The number of carboxylic acid groups (broad SMARTS) is 1. The summed E-state index contributed by atoms with van der Waals surface area (Å²) in [6.45, 7) is 4.49. The highest BCUT2D eigenvalue weighted by atomic mass is 16.6. The van der Waals surface area contributed by atoms with Gasteiger partial charge < -0.3 is 28.6 Å². The average Bonchev–Trinajstić information content (AvgIpc) is 3.24. The molecule has 0 radical (unpaired) electrons. The van der Waals surface area contributed by atoms with Gasteiger partial charge in [-0.15, -0.1) is 0 Å². The molecule has 0 aromatic carbocycles. The number of carbonyl (C=O) groups excluding carboxylic acids is 3. The standard InChI is InChI=1S/C55H93NO7/c1-6-8-10-12-14-16-18-20-22-24-25-26-27-28-29-30-32-34-36-38-40-42-44-46-54(58)63-51(49-61-48-47-52(55(59)60)56(3,4)5)50-62-53(57)45-43-41-39-37-35-33-31-23-21-19-17-15-13-11-9-7-2/h8,10,14,16,20,22,25-26,28-29,32,34,38,40,51-52H,6-7,9,11-13,15,17-19,21,23-24,27,30-31,33,35-37,39,41-50H2,1-5H3/b10-8+,16-14+,22-20+,26-25+,29-28+,34-32+,40-38+. The van der Waals surface area contributed by atoms with E-state index in [9.17, 15) is 19.5 Å². The molecule has 2 atom stereocenters. The van der Waals surface area contributed by atoms with E-state index in [4.69, 9.17) is 14.2 Å². The van der Waals surface area contributed by atoms with Crippen LogP contribution in [0.1, 0.15) is 194 Å². The van der Waals surface area contributed by atoms with E-state index in [2.05, 4.69) is 98.9 Å². The van der Waals surface area contributed by atoms with E-state index in [0.717, 1.165) is 70.6 Å². The molecular formula is C55H93NO7. The lowest BCUT2D eigenvalue weighted by molar-refractivity contribution is -0.889. The van der Waals surface area contributed by atoms with Gasteiger partial charge >= 0.3 is 11.9 Å². The highest BCUT2D eigenvalue weighted by Gasteiger charge is 2.25. The summed E-state index contributed by atoms with van der Waals surface area (Å²) >= 11 is 0. The van der Waals surface area contributed by atoms with E-state index in [0.29, 0.717) is 12.8 Å². The fourth-order valence-electron chi connectivity index (χ4n) is 6.94. The normalized spacial score (nSPS) is 13.6. The van der Waals surface area contributed by atoms with Crippen molar-refractivity contribution in [3.63, 3.8) is 0 Å². The average molecular weight is 880 g/mol. The Kier molecular flexibility index (Phi) is 42.6. The van der Waals surface area contributed by atoms with Gasteiger partial charge in [-0.3, -0.25) is 9.59 Å². The number of ether oxygens (including phenoxy) is 3. The van der Waals surface area contributed by atoms with Crippen molar-refractivity contribution in [2.45, 2.75) is 206 Å². The number of esters is 2. The molecule has 0 aromatic rings. The maximum absolute atomic E-state index is 12.8. The lowest BCUT2D eigenvalue weighted by Gasteiger charge is -2.34. The van der Waals surface area contributed by atoms with Crippen LogP contribution in [0.2, 0.25) is 0 Å². The van der Waals surface area contributed by atoms with Crippen LogP contribution in [0.4, 0.5) is 0 Å². The zero-order chi connectivity index (χ0) is 46.3. The highest BCUT2D eigenvalue weighted by Crippen LogP contribution is 2.15. The van der Waals surface area contributed by atoms with Gasteiger partial charge in [-0.1, -0.05) is 195 Å². The largest absolute Gasteiger partial charge is 0.544 e. The molecule has 0 spiro atoms. The van der Waals surface area contributed by atoms with Gasteiger partial charge in [0.2, 0.25) is 0 Å². The molecule has 0 bridgehead atoms. The van der Waals surface area contributed by atoms with Crippen molar-refractivity contribution in [2.75, 3.05) is 41.0 Å². The summed E-state index contributed by atoms with van der Waals surface area (Å²) in [4.78, 5) is 37.0. The second kappa shape index (κ2) is 45.1. The van der Waals surface area contributed by atoms with Crippen LogP contribution in [-0.2, 0) is 28.6 Å². The first kappa shape index (κ1) is 59.5. The minimum absolute atomic E-state index is 0.0147. The Morgan fingerprint density at radius 3 is 1.30 bits per heavy atom. The Morgan fingerprint density at radius 2 is 0.889 bits per heavy atom. The van der Waals surface area contributed by atoms with Gasteiger partial charge in [0.15, 0.2) is 6.10 Å². The molecule has 0 amide bonds. The van der Waals surface area contributed by atoms with E-state index in [1.807, 2.05) is 0 Å². The predicted octanol–water partition coefficient (Wildman–Crippen LogP) is 13.1. The zero-order valence-electron chi connectivity index (χ0n) is 41.0. The van der Waals surface area contributed by atoms with Crippen LogP contribution in [-0.4, -0.2) is 75.5 Å². The molecule has 8 heteroatoms. The van der Waals surface area contributed by atoms with Crippen molar-refractivity contribution in [3.8, 4) is 0 Å². The van der Waals surface area contributed by atoms with E-state index >= 15 is 0 Å². The molecule has 0 rings (SSSR count). The molecule has 0 fully saturated rings. The Morgan fingerprint density at radius 1 is 0.492 bits per heavy atom. The Labute approximate surface area is 386 Å². The van der Waals surface area contributed by atoms with Crippen LogP contribution in [0.5, 0.6) is 0 Å². The summed E-state index contributed by atoms with van der Waals surface area (Å²) in [6, 6.07) is -0.740. The Hall–Kier alpha value is -3.49.